The van der Waals surface area contributed by atoms with Crippen LogP contribution in [0.5, 0.6) is 0 Å². The van der Waals surface area contributed by atoms with E-state index in [-0.39, 0.29) is 11.7 Å². The lowest BCUT2D eigenvalue weighted by molar-refractivity contribution is -0.114. The quantitative estimate of drug-likeness (QED) is 0.682. The molecule has 24 heavy (non-hydrogen) atoms. The van der Waals surface area contributed by atoms with Gasteiger partial charge in [-0.05, 0) is 44.2 Å². The summed E-state index contributed by atoms with van der Waals surface area (Å²) in [4.78, 5) is 27.9. The predicted molar refractivity (Wildman–Crippen MR) is 100 cm³/mol. The zero-order chi connectivity index (χ0) is 17.1. The molecule has 4 nitrogen and oxygen atoms in total. The van der Waals surface area contributed by atoms with Crippen molar-refractivity contribution in [3.63, 3.8) is 0 Å². The molecule has 3 rings (SSSR count). The smallest absolute Gasteiger partial charge is 0.255 e. The van der Waals surface area contributed by atoms with Crippen molar-refractivity contribution < 1.29 is 9.59 Å². The van der Waals surface area contributed by atoms with Gasteiger partial charge < -0.3 is 5.32 Å². The van der Waals surface area contributed by atoms with Gasteiger partial charge in [0.2, 0.25) is 0 Å². The molecule has 2 aromatic carbocycles. The van der Waals surface area contributed by atoms with Crippen LogP contribution in [0.25, 0.3) is 10.2 Å². The second-order valence-electron chi connectivity index (χ2n) is 5.48. The maximum Gasteiger partial charge on any atom is 0.255 e. The first-order chi connectivity index (χ1) is 11.5. The number of aromatic nitrogens is 1. The first-order valence-electron chi connectivity index (χ1n) is 7.42. The Balaban J connectivity index is 1.77. The van der Waals surface area contributed by atoms with Crippen molar-refractivity contribution in [2.75, 3.05) is 11.1 Å². The third-order valence-electron chi connectivity index (χ3n) is 3.31. The molecule has 0 atom stereocenters. The summed E-state index contributed by atoms with van der Waals surface area (Å²) in [5, 5.41) is 2.92. The van der Waals surface area contributed by atoms with Crippen molar-refractivity contribution in [1.82, 2.24) is 4.98 Å². The zero-order valence-electron chi connectivity index (χ0n) is 13.3. The van der Waals surface area contributed by atoms with Gasteiger partial charge in [-0.15, -0.1) is 11.3 Å². The van der Waals surface area contributed by atoms with E-state index in [1.807, 2.05) is 43.3 Å². The van der Waals surface area contributed by atoms with E-state index < -0.39 is 0 Å². The van der Waals surface area contributed by atoms with Crippen LogP contribution in [0.3, 0.4) is 0 Å². The Hall–Kier alpha value is -2.18. The molecular weight excluding hydrogens is 340 g/mol. The van der Waals surface area contributed by atoms with Gasteiger partial charge in [0, 0.05) is 11.3 Å². The number of anilines is 1. The lowest BCUT2D eigenvalue weighted by Crippen LogP contribution is -2.11. The highest BCUT2D eigenvalue weighted by atomic mass is 32.2. The maximum atomic E-state index is 12.3. The number of rotatable bonds is 5. The number of hydrogen-bond donors (Lipinski definition) is 1. The Labute approximate surface area is 148 Å². The van der Waals surface area contributed by atoms with Gasteiger partial charge in [-0.25, -0.2) is 4.98 Å². The molecule has 1 aromatic heterocycles. The van der Waals surface area contributed by atoms with Crippen LogP contribution in [0.4, 0.5) is 5.69 Å². The van der Waals surface area contributed by atoms with Gasteiger partial charge in [-0.3, -0.25) is 9.59 Å². The number of fused-ring (bicyclic) bond motifs is 1. The summed E-state index contributed by atoms with van der Waals surface area (Å²) in [6.07, 6.45) is 0. The molecule has 0 fully saturated rings. The van der Waals surface area contributed by atoms with Crippen molar-refractivity contribution in [2.24, 2.45) is 0 Å². The molecule has 0 aliphatic heterocycles. The van der Waals surface area contributed by atoms with Crippen LogP contribution in [0.1, 0.15) is 22.8 Å². The fourth-order valence-corrected chi connectivity index (χ4v) is 4.10. The summed E-state index contributed by atoms with van der Waals surface area (Å²) in [7, 11) is 0. The molecule has 1 heterocycles. The first kappa shape index (κ1) is 16.7. The topological polar surface area (TPSA) is 59.1 Å². The number of ketones is 1. The summed E-state index contributed by atoms with van der Waals surface area (Å²) in [6, 6.07) is 13.1. The highest BCUT2D eigenvalue weighted by Gasteiger charge is 2.09. The van der Waals surface area contributed by atoms with Gasteiger partial charge >= 0.3 is 0 Å². The van der Waals surface area contributed by atoms with E-state index in [0.717, 1.165) is 25.8 Å². The average molecular weight is 356 g/mol. The second kappa shape index (κ2) is 7.15. The third kappa shape index (κ3) is 4.01. The van der Waals surface area contributed by atoms with Crippen molar-refractivity contribution in [3.05, 3.63) is 53.6 Å². The molecule has 3 aromatic rings. The zero-order valence-corrected chi connectivity index (χ0v) is 15.0. The maximum absolute atomic E-state index is 12.3. The monoisotopic (exact) mass is 356 g/mol. The van der Waals surface area contributed by atoms with Gasteiger partial charge in [0.1, 0.15) is 5.78 Å². The summed E-state index contributed by atoms with van der Waals surface area (Å²) in [6.45, 7) is 3.53. The minimum Gasteiger partial charge on any atom is -0.322 e. The third-order valence-corrected chi connectivity index (χ3v) is 5.61. The highest BCUT2D eigenvalue weighted by molar-refractivity contribution is 8.01. The van der Waals surface area contributed by atoms with E-state index in [9.17, 15) is 9.59 Å². The number of nitrogens with one attached hydrogen (secondary N) is 1. The van der Waals surface area contributed by atoms with Crippen molar-refractivity contribution in [3.8, 4) is 0 Å². The SMILES string of the molecule is CC(=O)CSc1nc2ccc(NC(=O)c3cccc(C)c3)cc2s1. The fraction of sp³-hybridized carbons (Fsp3) is 0.167. The van der Waals surface area contributed by atoms with Crippen molar-refractivity contribution >= 4 is 50.7 Å². The number of benzene rings is 2. The van der Waals surface area contributed by atoms with Crippen LogP contribution < -0.4 is 5.32 Å². The number of nitrogens with zero attached hydrogens (tertiary/aromatic N) is 1. The molecule has 0 saturated heterocycles. The fourth-order valence-electron chi connectivity index (χ4n) is 2.20. The Bertz CT molecular complexity index is 918. The van der Waals surface area contributed by atoms with E-state index in [2.05, 4.69) is 10.3 Å². The predicted octanol–water partition coefficient (Wildman–Crippen LogP) is 4.54. The number of hydrogen-bond acceptors (Lipinski definition) is 5. The largest absolute Gasteiger partial charge is 0.322 e. The molecule has 0 aliphatic rings. The molecule has 0 bridgehead atoms. The Kier molecular flexibility index (Phi) is 4.97. The van der Waals surface area contributed by atoms with E-state index in [4.69, 9.17) is 0 Å². The van der Waals surface area contributed by atoms with Crippen LogP contribution in [0.2, 0.25) is 0 Å². The number of Topliss-reactive ketones (excluding diaryl/α,β-unsaturated/α-hetero) is 1. The van der Waals surface area contributed by atoms with Gasteiger partial charge in [0.15, 0.2) is 4.34 Å². The lowest BCUT2D eigenvalue weighted by atomic mass is 10.1. The average Bonchev–Trinajstić information content (AvgIpc) is 2.95. The molecule has 0 spiro atoms. The Morgan fingerprint density at radius 2 is 2.04 bits per heavy atom. The molecule has 0 radical (unpaired) electrons. The van der Waals surface area contributed by atoms with Gasteiger partial charge in [-0.1, -0.05) is 29.5 Å². The minimum absolute atomic E-state index is 0.130. The Morgan fingerprint density at radius 1 is 1.21 bits per heavy atom. The normalized spacial score (nSPS) is 10.8. The molecule has 1 amide bonds. The number of thiazole rings is 1. The highest BCUT2D eigenvalue weighted by Crippen LogP contribution is 2.31. The molecule has 0 aliphatic carbocycles. The van der Waals surface area contributed by atoms with E-state index in [1.165, 1.54) is 23.1 Å². The van der Waals surface area contributed by atoms with Crippen LogP contribution >= 0.6 is 23.1 Å². The van der Waals surface area contributed by atoms with E-state index in [0.29, 0.717) is 11.3 Å². The van der Waals surface area contributed by atoms with E-state index >= 15 is 0 Å². The molecule has 0 unspecified atom stereocenters. The lowest BCUT2D eigenvalue weighted by Gasteiger charge is -2.05. The number of carbonyl (C=O) groups excluding carboxylic acids is 2. The van der Waals surface area contributed by atoms with E-state index in [1.54, 1.807) is 13.0 Å². The standard InChI is InChI=1S/C18H16N2O2S2/c1-11-4-3-5-13(8-11)17(22)19-14-6-7-15-16(9-14)24-18(20-15)23-10-12(2)21/h3-9H,10H2,1-2H3,(H,19,22). The van der Waals surface area contributed by atoms with Crippen LogP contribution in [0.15, 0.2) is 46.8 Å². The summed E-state index contributed by atoms with van der Waals surface area (Å²) in [5.41, 5.74) is 3.30. The molecule has 122 valence electrons. The molecular formula is C18H16N2O2S2. The van der Waals surface area contributed by atoms with Gasteiger partial charge in [-0.2, -0.15) is 0 Å². The number of thioether (sulfide) groups is 1. The molecule has 6 heteroatoms. The van der Waals surface area contributed by atoms with Crippen LogP contribution in [-0.2, 0) is 4.79 Å². The van der Waals surface area contributed by atoms with Gasteiger partial charge in [0.05, 0.1) is 16.0 Å². The van der Waals surface area contributed by atoms with Crippen molar-refractivity contribution in [1.29, 1.82) is 0 Å². The van der Waals surface area contributed by atoms with Crippen LogP contribution in [-0.4, -0.2) is 22.4 Å². The van der Waals surface area contributed by atoms with Gasteiger partial charge in [0.25, 0.3) is 5.91 Å². The van der Waals surface area contributed by atoms with Crippen molar-refractivity contribution in [2.45, 2.75) is 18.2 Å². The number of carbonyl (C=O) groups is 2. The summed E-state index contributed by atoms with van der Waals surface area (Å²) >= 11 is 2.97. The number of aryl methyl sites for hydroxylation is 1. The summed E-state index contributed by atoms with van der Waals surface area (Å²) in [5.74, 6) is 0.427. The molecule has 1 N–H and O–H groups in total. The molecule has 0 saturated carbocycles. The summed E-state index contributed by atoms with van der Waals surface area (Å²) < 4.78 is 1.85. The second-order valence-corrected chi connectivity index (χ2v) is 7.73. The Morgan fingerprint density at radius 3 is 2.79 bits per heavy atom. The minimum atomic E-state index is -0.131. The van der Waals surface area contributed by atoms with Crippen LogP contribution in [0, 0.1) is 6.92 Å². The first-order valence-corrected chi connectivity index (χ1v) is 9.22. The number of amides is 1.